The van der Waals surface area contributed by atoms with Gasteiger partial charge in [-0.05, 0) is 43.9 Å². The largest absolute Gasteiger partial charge is 0.311 e. The van der Waals surface area contributed by atoms with Gasteiger partial charge in [0.1, 0.15) is 0 Å². The van der Waals surface area contributed by atoms with Gasteiger partial charge in [-0.1, -0.05) is 38.5 Å². The van der Waals surface area contributed by atoms with Crippen LogP contribution in [0, 0.1) is 5.92 Å². The van der Waals surface area contributed by atoms with E-state index in [-0.39, 0.29) is 11.9 Å². The van der Waals surface area contributed by atoms with Crippen molar-refractivity contribution in [2.75, 3.05) is 18.0 Å². The normalized spacial score (nSPS) is 22.5. The van der Waals surface area contributed by atoms with E-state index in [1.165, 1.54) is 6.42 Å². The van der Waals surface area contributed by atoms with Gasteiger partial charge in [-0.25, -0.2) is 0 Å². The van der Waals surface area contributed by atoms with E-state index in [4.69, 9.17) is 0 Å². The van der Waals surface area contributed by atoms with Gasteiger partial charge in [0.15, 0.2) is 0 Å². The number of nitrogens with zero attached hydrogens (tertiary/aromatic N) is 1. The zero-order valence-electron chi connectivity index (χ0n) is 12.6. The van der Waals surface area contributed by atoms with Crippen molar-refractivity contribution in [3.63, 3.8) is 0 Å². The van der Waals surface area contributed by atoms with Gasteiger partial charge < -0.3 is 10.2 Å². The summed E-state index contributed by atoms with van der Waals surface area (Å²) >= 11 is 0. The zero-order chi connectivity index (χ0) is 14.4. The van der Waals surface area contributed by atoms with Gasteiger partial charge in [-0.15, -0.1) is 0 Å². The van der Waals surface area contributed by atoms with Gasteiger partial charge in [-0.3, -0.25) is 4.79 Å². The standard InChI is InChI=1S/C17H26N2O/c1-3-4-12-19(15-8-6-5-7-9-15)17(20)16-13-14(2)10-11-18-16/h5-9,14,16,18H,3-4,10-13H2,1-2H3. The summed E-state index contributed by atoms with van der Waals surface area (Å²) < 4.78 is 0. The van der Waals surface area contributed by atoms with Crippen molar-refractivity contribution in [1.29, 1.82) is 0 Å². The van der Waals surface area contributed by atoms with E-state index < -0.39 is 0 Å². The molecule has 20 heavy (non-hydrogen) atoms. The summed E-state index contributed by atoms with van der Waals surface area (Å²) in [5, 5.41) is 3.38. The minimum Gasteiger partial charge on any atom is -0.311 e. The first kappa shape index (κ1) is 15.0. The molecule has 0 spiro atoms. The highest BCUT2D eigenvalue weighted by atomic mass is 16.2. The molecule has 2 unspecified atom stereocenters. The summed E-state index contributed by atoms with van der Waals surface area (Å²) in [6.07, 6.45) is 4.27. The minimum absolute atomic E-state index is 0.0178. The monoisotopic (exact) mass is 274 g/mol. The number of rotatable bonds is 5. The van der Waals surface area contributed by atoms with Crippen LogP contribution in [0.3, 0.4) is 0 Å². The molecule has 0 saturated carbocycles. The third-order valence-corrected chi connectivity index (χ3v) is 4.03. The number of hydrogen-bond acceptors (Lipinski definition) is 2. The third kappa shape index (κ3) is 3.83. The molecule has 0 radical (unpaired) electrons. The quantitative estimate of drug-likeness (QED) is 0.894. The summed E-state index contributed by atoms with van der Waals surface area (Å²) in [7, 11) is 0. The van der Waals surface area contributed by atoms with E-state index in [0.29, 0.717) is 5.92 Å². The number of para-hydroxylation sites is 1. The maximum Gasteiger partial charge on any atom is 0.244 e. The van der Waals surface area contributed by atoms with Crippen LogP contribution in [0.5, 0.6) is 0 Å². The molecule has 0 bridgehead atoms. The number of benzene rings is 1. The van der Waals surface area contributed by atoms with E-state index in [9.17, 15) is 4.79 Å². The van der Waals surface area contributed by atoms with Crippen molar-refractivity contribution in [3.8, 4) is 0 Å². The van der Waals surface area contributed by atoms with E-state index in [0.717, 1.165) is 38.0 Å². The lowest BCUT2D eigenvalue weighted by Gasteiger charge is -2.32. The number of amides is 1. The van der Waals surface area contributed by atoms with Crippen molar-refractivity contribution >= 4 is 11.6 Å². The van der Waals surface area contributed by atoms with Crippen LogP contribution in [-0.2, 0) is 4.79 Å². The molecule has 1 fully saturated rings. The molecule has 110 valence electrons. The van der Waals surface area contributed by atoms with Gasteiger partial charge in [0.05, 0.1) is 6.04 Å². The number of anilines is 1. The van der Waals surface area contributed by atoms with Crippen LogP contribution in [0.15, 0.2) is 30.3 Å². The fraction of sp³-hybridized carbons (Fsp3) is 0.588. The van der Waals surface area contributed by atoms with Crippen LogP contribution in [0.2, 0.25) is 0 Å². The summed E-state index contributed by atoms with van der Waals surface area (Å²) in [4.78, 5) is 14.8. The van der Waals surface area contributed by atoms with Crippen molar-refractivity contribution in [2.24, 2.45) is 5.92 Å². The smallest absolute Gasteiger partial charge is 0.244 e. The summed E-state index contributed by atoms with van der Waals surface area (Å²) in [5.41, 5.74) is 1.02. The molecular formula is C17H26N2O. The van der Waals surface area contributed by atoms with Crippen molar-refractivity contribution in [2.45, 2.75) is 45.6 Å². The Hall–Kier alpha value is -1.35. The molecule has 3 heteroatoms. The van der Waals surface area contributed by atoms with Gasteiger partial charge in [0.2, 0.25) is 5.91 Å². The van der Waals surface area contributed by atoms with Crippen LogP contribution in [0.4, 0.5) is 5.69 Å². The maximum atomic E-state index is 12.8. The number of nitrogens with one attached hydrogen (secondary N) is 1. The van der Waals surface area contributed by atoms with E-state index >= 15 is 0 Å². The summed E-state index contributed by atoms with van der Waals surface area (Å²) in [6, 6.07) is 10.0. The summed E-state index contributed by atoms with van der Waals surface area (Å²) in [5.74, 6) is 0.866. The van der Waals surface area contributed by atoms with Gasteiger partial charge >= 0.3 is 0 Å². The van der Waals surface area contributed by atoms with Crippen molar-refractivity contribution < 1.29 is 4.79 Å². The SMILES string of the molecule is CCCCN(C(=O)C1CC(C)CCN1)c1ccccc1. The first-order chi connectivity index (χ1) is 9.72. The zero-order valence-corrected chi connectivity index (χ0v) is 12.6. The number of unbranched alkanes of at least 4 members (excludes halogenated alkanes) is 1. The molecule has 1 aromatic carbocycles. The molecule has 1 aliphatic rings. The number of carbonyl (C=O) groups is 1. The predicted molar refractivity (Wildman–Crippen MR) is 83.9 cm³/mol. The minimum atomic E-state index is -0.0178. The molecule has 1 heterocycles. The first-order valence-electron chi connectivity index (χ1n) is 7.82. The number of piperidine rings is 1. The van der Waals surface area contributed by atoms with Crippen LogP contribution >= 0.6 is 0 Å². The first-order valence-corrected chi connectivity index (χ1v) is 7.82. The average Bonchev–Trinajstić information content (AvgIpc) is 2.48. The van der Waals surface area contributed by atoms with Crippen LogP contribution < -0.4 is 10.2 Å². The van der Waals surface area contributed by atoms with E-state index in [1.54, 1.807) is 0 Å². The number of hydrogen-bond donors (Lipinski definition) is 1. The molecule has 1 saturated heterocycles. The van der Waals surface area contributed by atoms with Gasteiger partial charge in [0.25, 0.3) is 0 Å². The molecule has 1 aliphatic heterocycles. The van der Waals surface area contributed by atoms with Crippen molar-refractivity contribution in [1.82, 2.24) is 5.32 Å². The Bertz CT molecular complexity index is 418. The molecule has 1 amide bonds. The molecular weight excluding hydrogens is 248 g/mol. The molecule has 0 aromatic heterocycles. The Kier molecular flexibility index (Phi) is 5.60. The highest BCUT2D eigenvalue weighted by molar-refractivity contribution is 5.97. The predicted octanol–water partition coefficient (Wildman–Crippen LogP) is 3.21. The van der Waals surface area contributed by atoms with Gasteiger partial charge in [-0.2, -0.15) is 0 Å². The third-order valence-electron chi connectivity index (χ3n) is 4.03. The van der Waals surface area contributed by atoms with Crippen molar-refractivity contribution in [3.05, 3.63) is 30.3 Å². The Balaban J connectivity index is 2.11. The average molecular weight is 274 g/mol. The second kappa shape index (κ2) is 7.44. The second-order valence-corrected chi connectivity index (χ2v) is 5.82. The lowest BCUT2D eigenvalue weighted by molar-refractivity contribution is -0.121. The van der Waals surface area contributed by atoms with E-state index in [1.807, 2.05) is 35.2 Å². The second-order valence-electron chi connectivity index (χ2n) is 5.82. The lowest BCUT2D eigenvalue weighted by Crippen LogP contribution is -2.50. The van der Waals surface area contributed by atoms with Crippen LogP contribution in [0.25, 0.3) is 0 Å². The Morgan fingerprint density at radius 3 is 2.75 bits per heavy atom. The molecule has 3 nitrogen and oxygen atoms in total. The molecule has 1 N–H and O–H groups in total. The maximum absolute atomic E-state index is 12.8. The highest BCUT2D eigenvalue weighted by Gasteiger charge is 2.28. The van der Waals surface area contributed by atoms with Crippen LogP contribution in [0.1, 0.15) is 39.5 Å². The van der Waals surface area contributed by atoms with Crippen LogP contribution in [-0.4, -0.2) is 25.0 Å². The Morgan fingerprint density at radius 1 is 1.35 bits per heavy atom. The molecule has 2 rings (SSSR count). The fourth-order valence-corrected chi connectivity index (χ4v) is 2.77. The topological polar surface area (TPSA) is 32.3 Å². The highest BCUT2D eigenvalue weighted by Crippen LogP contribution is 2.21. The molecule has 2 atom stereocenters. The van der Waals surface area contributed by atoms with E-state index in [2.05, 4.69) is 19.2 Å². The fourth-order valence-electron chi connectivity index (χ4n) is 2.77. The summed E-state index contributed by atoms with van der Waals surface area (Å²) in [6.45, 7) is 6.16. The Labute approximate surface area is 122 Å². The number of carbonyl (C=O) groups excluding carboxylic acids is 1. The van der Waals surface area contributed by atoms with Gasteiger partial charge in [0, 0.05) is 12.2 Å². The molecule has 1 aromatic rings. The Morgan fingerprint density at radius 2 is 2.10 bits per heavy atom. The lowest BCUT2D eigenvalue weighted by atomic mass is 9.93. The molecule has 0 aliphatic carbocycles.